The van der Waals surface area contributed by atoms with E-state index in [2.05, 4.69) is 26.2 Å². The molecule has 0 saturated heterocycles. The second kappa shape index (κ2) is 5.03. The van der Waals surface area contributed by atoms with E-state index in [1.807, 2.05) is 22.9 Å². The van der Waals surface area contributed by atoms with Gasteiger partial charge in [-0.25, -0.2) is 15.0 Å². The van der Waals surface area contributed by atoms with Crippen molar-refractivity contribution in [2.24, 2.45) is 0 Å². The number of hydrogen-bond donors (Lipinski definition) is 0. The number of hydrogen-bond acceptors (Lipinski definition) is 6. The highest BCUT2D eigenvalue weighted by molar-refractivity contribution is 8.00. The van der Waals surface area contributed by atoms with Crippen LogP contribution in [0.2, 0.25) is 0 Å². The Kier molecular flexibility index (Phi) is 3.24. The number of fused-ring (bicyclic) bond motifs is 1. The van der Waals surface area contributed by atoms with Crippen molar-refractivity contribution in [2.75, 3.05) is 0 Å². The second-order valence-corrected chi connectivity index (χ2v) is 5.65. The van der Waals surface area contributed by atoms with E-state index in [1.54, 1.807) is 18.0 Å². The van der Waals surface area contributed by atoms with Crippen molar-refractivity contribution in [2.45, 2.75) is 23.4 Å². The van der Waals surface area contributed by atoms with E-state index in [-0.39, 0.29) is 0 Å². The monoisotopic (exact) mass is 277 g/mol. The standard InChI is InChI=1S/C11H11N5S2/c1-2-9-14-11(18-15-9)17-7-8-6-16-5-3-4-12-10(16)13-8/h3-6H,2,7H2,1H3. The molecule has 3 heterocycles. The number of aromatic nitrogens is 5. The van der Waals surface area contributed by atoms with Gasteiger partial charge in [0.2, 0.25) is 5.78 Å². The van der Waals surface area contributed by atoms with Crippen LogP contribution in [0.4, 0.5) is 0 Å². The lowest BCUT2D eigenvalue weighted by molar-refractivity contribution is 0.971. The molecule has 0 spiro atoms. The van der Waals surface area contributed by atoms with Gasteiger partial charge in [-0.1, -0.05) is 18.7 Å². The minimum Gasteiger partial charge on any atom is -0.291 e. The maximum absolute atomic E-state index is 4.44. The summed E-state index contributed by atoms with van der Waals surface area (Å²) in [5.41, 5.74) is 1.01. The van der Waals surface area contributed by atoms with E-state index in [0.717, 1.165) is 33.8 Å². The van der Waals surface area contributed by atoms with E-state index >= 15 is 0 Å². The van der Waals surface area contributed by atoms with Crippen LogP contribution in [0.15, 0.2) is 29.0 Å². The molecule has 0 saturated carbocycles. The fourth-order valence-electron chi connectivity index (χ4n) is 1.52. The van der Waals surface area contributed by atoms with E-state index in [4.69, 9.17) is 0 Å². The molecule has 0 aliphatic rings. The summed E-state index contributed by atoms with van der Waals surface area (Å²) >= 11 is 3.12. The van der Waals surface area contributed by atoms with Crippen LogP contribution >= 0.6 is 23.3 Å². The number of nitrogens with zero attached hydrogens (tertiary/aromatic N) is 5. The second-order valence-electron chi connectivity index (χ2n) is 3.68. The minimum absolute atomic E-state index is 0.736. The zero-order chi connectivity index (χ0) is 12.4. The maximum Gasteiger partial charge on any atom is 0.233 e. The van der Waals surface area contributed by atoms with E-state index in [9.17, 15) is 0 Å². The SMILES string of the molecule is CCc1nsc(SCc2cn3cccnc3n2)n1. The molecule has 3 rings (SSSR count). The number of thioether (sulfide) groups is 1. The molecular formula is C11H11N5S2. The predicted octanol–water partition coefficient (Wildman–Crippen LogP) is 2.44. The average molecular weight is 277 g/mol. The van der Waals surface area contributed by atoms with Gasteiger partial charge >= 0.3 is 0 Å². The predicted molar refractivity (Wildman–Crippen MR) is 71.8 cm³/mol. The summed E-state index contributed by atoms with van der Waals surface area (Å²) in [6, 6.07) is 1.89. The lowest BCUT2D eigenvalue weighted by Gasteiger charge is -1.91. The van der Waals surface area contributed by atoms with Crippen LogP contribution in [-0.2, 0) is 12.2 Å². The molecular weight excluding hydrogens is 266 g/mol. The summed E-state index contributed by atoms with van der Waals surface area (Å²) in [6.45, 7) is 2.06. The van der Waals surface area contributed by atoms with Crippen molar-refractivity contribution < 1.29 is 0 Å². The third kappa shape index (κ3) is 2.37. The first-order valence-electron chi connectivity index (χ1n) is 5.59. The first-order chi connectivity index (χ1) is 8.85. The van der Waals surface area contributed by atoms with Crippen LogP contribution in [0, 0.1) is 0 Å². The Bertz CT molecular complexity index is 627. The number of aryl methyl sites for hydroxylation is 1. The zero-order valence-electron chi connectivity index (χ0n) is 9.78. The third-order valence-electron chi connectivity index (χ3n) is 2.39. The Morgan fingerprint density at radius 1 is 1.39 bits per heavy atom. The summed E-state index contributed by atoms with van der Waals surface area (Å²) in [6.07, 6.45) is 6.58. The van der Waals surface area contributed by atoms with Gasteiger partial charge in [-0.3, -0.25) is 4.40 Å². The molecule has 0 unspecified atom stereocenters. The zero-order valence-corrected chi connectivity index (χ0v) is 11.4. The quantitative estimate of drug-likeness (QED) is 0.686. The van der Waals surface area contributed by atoms with Crippen LogP contribution in [0.5, 0.6) is 0 Å². The van der Waals surface area contributed by atoms with Crippen molar-refractivity contribution in [3.05, 3.63) is 36.2 Å². The molecule has 0 aromatic carbocycles. The Morgan fingerprint density at radius 3 is 3.11 bits per heavy atom. The lowest BCUT2D eigenvalue weighted by Crippen LogP contribution is -1.83. The molecule has 0 radical (unpaired) electrons. The van der Waals surface area contributed by atoms with Crippen LogP contribution in [0.1, 0.15) is 18.4 Å². The molecule has 0 bridgehead atoms. The topological polar surface area (TPSA) is 56.0 Å². The smallest absolute Gasteiger partial charge is 0.233 e. The summed E-state index contributed by atoms with van der Waals surface area (Å²) in [7, 11) is 0. The molecule has 18 heavy (non-hydrogen) atoms. The molecule has 0 amide bonds. The van der Waals surface area contributed by atoms with Crippen molar-refractivity contribution in [3.8, 4) is 0 Å². The minimum atomic E-state index is 0.736. The van der Waals surface area contributed by atoms with Crippen molar-refractivity contribution >= 4 is 29.1 Å². The van der Waals surface area contributed by atoms with Gasteiger partial charge in [0.15, 0.2) is 4.34 Å². The number of rotatable bonds is 4. The normalized spacial score (nSPS) is 11.2. The van der Waals surface area contributed by atoms with Gasteiger partial charge in [0.25, 0.3) is 0 Å². The summed E-state index contributed by atoms with van der Waals surface area (Å²) in [5.74, 6) is 2.45. The van der Waals surface area contributed by atoms with Gasteiger partial charge in [-0.05, 0) is 17.6 Å². The molecule has 0 N–H and O–H groups in total. The molecule has 0 fully saturated rings. The summed E-state index contributed by atoms with van der Waals surface area (Å²) in [4.78, 5) is 13.1. The van der Waals surface area contributed by atoms with Crippen molar-refractivity contribution in [1.29, 1.82) is 0 Å². The van der Waals surface area contributed by atoms with E-state index in [1.165, 1.54) is 11.5 Å². The van der Waals surface area contributed by atoms with E-state index < -0.39 is 0 Å². The molecule has 7 heteroatoms. The van der Waals surface area contributed by atoms with Crippen LogP contribution in [-0.4, -0.2) is 23.7 Å². The maximum atomic E-state index is 4.44. The Balaban J connectivity index is 1.72. The third-order valence-corrected chi connectivity index (χ3v) is 4.30. The Hall–Kier alpha value is -1.47. The molecule has 0 atom stereocenters. The molecule has 3 aromatic rings. The van der Waals surface area contributed by atoms with E-state index in [0.29, 0.717) is 0 Å². The van der Waals surface area contributed by atoms with Gasteiger partial charge in [0.1, 0.15) is 5.82 Å². The highest BCUT2D eigenvalue weighted by atomic mass is 32.2. The fourth-order valence-corrected chi connectivity index (χ4v) is 3.10. The average Bonchev–Trinajstić information content (AvgIpc) is 3.02. The highest BCUT2D eigenvalue weighted by Crippen LogP contribution is 2.24. The first-order valence-corrected chi connectivity index (χ1v) is 7.35. The molecule has 5 nitrogen and oxygen atoms in total. The van der Waals surface area contributed by atoms with Gasteiger partial charge in [0.05, 0.1) is 5.69 Å². The fraction of sp³-hybridized carbons (Fsp3) is 0.273. The molecule has 92 valence electrons. The number of imidazole rings is 1. The van der Waals surface area contributed by atoms with Gasteiger partial charge in [0, 0.05) is 30.8 Å². The van der Waals surface area contributed by atoms with Gasteiger partial charge in [-0.15, -0.1) is 0 Å². The van der Waals surface area contributed by atoms with Gasteiger partial charge in [-0.2, -0.15) is 4.37 Å². The Morgan fingerprint density at radius 2 is 2.33 bits per heavy atom. The van der Waals surface area contributed by atoms with Gasteiger partial charge < -0.3 is 0 Å². The largest absolute Gasteiger partial charge is 0.291 e. The summed E-state index contributed by atoms with van der Waals surface area (Å²) < 4.78 is 7.18. The molecule has 0 aliphatic heterocycles. The van der Waals surface area contributed by atoms with Crippen LogP contribution < -0.4 is 0 Å². The molecule has 3 aromatic heterocycles. The van der Waals surface area contributed by atoms with Crippen molar-refractivity contribution in [3.63, 3.8) is 0 Å². The highest BCUT2D eigenvalue weighted by Gasteiger charge is 2.06. The molecule has 0 aliphatic carbocycles. The van der Waals surface area contributed by atoms with Crippen LogP contribution in [0.25, 0.3) is 5.78 Å². The van der Waals surface area contributed by atoms with Crippen LogP contribution in [0.3, 0.4) is 0 Å². The first kappa shape index (κ1) is 11.6. The van der Waals surface area contributed by atoms with Crippen molar-refractivity contribution in [1.82, 2.24) is 23.7 Å². The lowest BCUT2D eigenvalue weighted by atomic mass is 10.5. The summed E-state index contributed by atoms with van der Waals surface area (Å²) in [5, 5.41) is 0. The Labute approximate surface area is 112 Å².